The maximum atomic E-state index is 9.20. The molecule has 0 saturated carbocycles. The van der Waals surface area contributed by atoms with Crippen LogP contribution in [0.25, 0.3) is 0 Å². The Hall–Kier alpha value is -0.710. The number of hydrogen-bond acceptors (Lipinski definition) is 4. The maximum Gasteiger partial charge on any atom is 0.147 e. The first-order valence-corrected chi connectivity index (χ1v) is 6.14. The van der Waals surface area contributed by atoms with E-state index in [1.165, 1.54) is 0 Å². The Bertz CT molecular complexity index is 397. The van der Waals surface area contributed by atoms with Crippen molar-refractivity contribution in [3.63, 3.8) is 0 Å². The molecule has 0 atom stereocenters. The van der Waals surface area contributed by atoms with E-state index in [9.17, 15) is 5.11 Å². The quantitative estimate of drug-likeness (QED) is 0.775. The fourth-order valence-electron chi connectivity index (χ4n) is 1.21. The van der Waals surface area contributed by atoms with E-state index in [1.54, 1.807) is 6.07 Å². The van der Waals surface area contributed by atoms with Crippen LogP contribution in [0.1, 0.15) is 20.8 Å². The van der Waals surface area contributed by atoms with Crippen molar-refractivity contribution in [2.24, 2.45) is 0 Å². The summed E-state index contributed by atoms with van der Waals surface area (Å²) < 4.78 is 0. The van der Waals surface area contributed by atoms with Crippen molar-refractivity contribution in [3.8, 4) is 0 Å². The highest BCUT2D eigenvalue weighted by molar-refractivity contribution is 6.37. The Kier molecular flexibility index (Phi) is 4.86. The number of hydrogen-bond donors (Lipinski definition) is 3. The average molecular weight is 278 g/mol. The Labute approximate surface area is 111 Å². The second-order valence-electron chi connectivity index (χ2n) is 4.35. The summed E-state index contributed by atoms with van der Waals surface area (Å²) in [5.41, 5.74) is -0.492. The minimum atomic E-state index is -0.492. The molecule has 0 fully saturated rings. The zero-order chi connectivity index (χ0) is 13.1. The summed E-state index contributed by atoms with van der Waals surface area (Å²) in [5, 5.41) is 16.2. The topological polar surface area (TPSA) is 57.2 Å². The predicted octanol–water partition coefficient (Wildman–Crippen LogP) is 3.00. The molecule has 1 heterocycles. The first kappa shape index (κ1) is 14.4. The van der Waals surface area contributed by atoms with Crippen LogP contribution in [0, 0.1) is 0 Å². The van der Waals surface area contributed by atoms with Gasteiger partial charge in [-0.3, -0.25) is 0 Å². The van der Waals surface area contributed by atoms with Crippen LogP contribution in [0.4, 0.5) is 11.6 Å². The van der Waals surface area contributed by atoms with E-state index >= 15 is 0 Å². The van der Waals surface area contributed by atoms with Crippen LogP contribution in [-0.4, -0.2) is 28.8 Å². The molecule has 0 aromatic carbocycles. The minimum absolute atomic E-state index is 0.0236. The summed E-state index contributed by atoms with van der Waals surface area (Å²) in [6.07, 6.45) is 0. The molecule has 1 aromatic heterocycles. The van der Waals surface area contributed by atoms with Gasteiger partial charge >= 0.3 is 0 Å². The van der Waals surface area contributed by atoms with Gasteiger partial charge in [-0.1, -0.05) is 23.2 Å². The van der Waals surface area contributed by atoms with E-state index < -0.39 is 5.54 Å². The van der Waals surface area contributed by atoms with Crippen LogP contribution < -0.4 is 10.6 Å². The number of halogens is 2. The number of rotatable bonds is 5. The molecule has 0 saturated heterocycles. The van der Waals surface area contributed by atoms with Crippen molar-refractivity contribution in [2.75, 3.05) is 23.8 Å². The number of nitrogens with one attached hydrogen (secondary N) is 2. The number of aromatic nitrogens is 1. The molecule has 1 rings (SSSR count). The van der Waals surface area contributed by atoms with Crippen molar-refractivity contribution < 1.29 is 5.11 Å². The molecule has 3 N–H and O–H groups in total. The van der Waals surface area contributed by atoms with Crippen molar-refractivity contribution in [1.29, 1.82) is 0 Å². The van der Waals surface area contributed by atoms with Gasteiger partial charge in [0.2, 0.25) is 0 Å². The Balaban J connectivity index is 3.03. The SMILES string of the molecule is CCNc1nc(NC(C)(C)CO)c(Cl)cc1Cl. The third kappa shape index (κ3) is 3.91. The largest absolute Gasteiger partial charge is 0.394 e. The number of anilines is 2. The molecule has 96 valence electrons. The molecule has 0 aliphatic rings. The Morgan fingerprint density at radius 1 is 1.29 bits per heavy atom. The van der Waals surface area contributed by atoms with Gasteiger partial charge in [0.1, 0.15) is 11.6 Å². The number of pyridine rings is 1. The lowest BCUT2D eigenvalue weighted by Crippen LogP contribution is -2.35. The van der Waals surface area contributed by atoms with Crippen LogP contribution in [-0.2, 0) is 0 Å². The molecule has 0 amide bonds. The van der Waals surface area contributed by atoms with E-state index in [1.807, 2.05) is 20.8 Å². The maximum absolute atomic E-state index is 9.20. The smallest absolute Gasteiger partial charge is 0.147 e. The normalized spacial score (nSPS) is 11.4. The molecule has 0 aliphatic heterocycles. The van der Waals surface area contributed by atoms with Crippen LogP contribution in [0.5, 0.6) is 0 Å². The van der Waals surface area contributed by atoms with Gasteiger partial charge < -0.3 is 15.7 Å². The second kappa shape index (κ2) is 5.76. The van der Waals surface area contributed by atoms with Crippen LogP contribution >= 0.6 is 23.2 Å². The first-order chi connectivity index (χ1) is 7.89. The van der Waals surface area contributed by atoms with Gasteiger partial charge in [0.15, 0.2) is 0 Å². The van der Waals surface area contributed by atoms with Crippen LogP contribution in [0.3, 0.4) is 0 Å². The standard InChI is InChI=1S/C11H17Cl2N3O/c1-4-14-9-7(12)5-8(13)10(15-9)16-11(2,3)6-17/h5,17H,4,6H2,1-3H3,(H2,14,15,16). The second-order valence-corrected chi connectivity index (χ2v) is 5.16. The van der Waals surface area contributed by atoms with Crippen molar-refractivity contribution in [3.05, 3.63) is 16.1 Å². The third-order valence-corrected chi connectivity index (χ3v) is 2.70. The molecular formula is C11H17Cl2N3O. The van der Waals surface area contributed by atoms with Gasteiger partial charge in [-0.25, -0.2) is 4.98 Å². The highest BCUT2D eigenvalue weighted by Gasteiger charge is 2.19. The zero-order valence-corrected chi connectivity index (χ0v) is 11.7. The summed E-state index contributed by atoms with van der Waals surface area (Å²) in [6.45, 7) is 6.36. The molecule has 0 radical (unpaired) electrons. The monoisotopic (exact) mass is 277 g/mol. The zero-order valence-electron chi connectivity index (χ0n) is 10.1. The number of aliphatic hydroxyl groups excluding tert-OH is 1. The average Bonchev–Trinajstić information content (AvgIpc) is 2.25. The summed E-state index contributed by atoms with van der Waals surface area (Å²) in [4.78, 5) is 4.30. The Morgan fingerprint density at radius 3 is 2.41 bits per heavy atom. The Morgan fingerprint density at radius 2 is 1.88 bits per heavy atom. The molecule has 0 aliphatic carbocycles. The van der Waals surface area contributed by atoms with E-state index in [4.69, 9.17) is 23.2 Å². The molecule has 6 heteroatoms. The lowest BCUT2D eigenvalue weighted by Gasteiger charge is -2.25. The van der Waals surface area contributed by atoms with E-state index in [0.29, 0.717) is 21.7 Å². The van der Waals surface area contributed by atoms with Crippen molar-refractivity contribution >= 4 is 34.8 Å². The lowest BCUT2D eigenvalue weighted by molar-refractivity contribution is 0.234. The molecule has 0 spiro atoms. The summed E-state index contributed by atoms with van der Waals surface area (Å²) >= 11 is 12.0. The molecule has 1 aromatic rings. The van der Waals surface area contributed by atoms with Crippen molar-refractivity contribution in [1.82, 2.24) is 4.98 Å². The van der Waals surface area contributed by atoms with E-state index in [2.05, 4.69) is 15.6 Å². The highest BCUT2D eigenvalue weighted by Crippen LogP contribution is 2.30. The predicted molar refractivity (Wildman–Crippen MR) is 73.2 cm³/mol. The summed E-state index contributed by atoms with van der Waals surface area (Å²) in [5.74, 6) is 1.08. The fourth-order valence-corrected chi connectivity index (χ4v) is 1.68. The molecule has 17 heavy (non-hydrogen) atoms. The molecular weight excluding hydrogens is 261 g/mol. The van der Waals surface area contributed by atoms with Crippen LogP contribution in [0.15, 0.2) is 6.07 Å². The van der Waals surface area contributed by atoms with E-state index in [-0.39, 0.29) is 6.61 Å². The van der Waals surface area contributed by atoms with Gasteiger partial charge in [0, 0.05) is 6.54 Å². The fraction of sp³-hybridized carbons (Fsp3) is 0.545. The van der Waals surface area contributed by atoms with Gasteiger partial charge in [-0.2, -0.15) is 0 Å². The highest BCUT2D eigenvalue weighted by atomic mass is 35.5. The van der Waals surface area contributed by atoms with E-state index in [0.717, 1.165) is 6.54 Å². The number of aliphatic hydroxyl groups is 1. The van der Waals surface area contributed by atoms with Crippen LogP contribution in [0.2, 0.25) is 10.0 Å². The minimum Gasteiger partial charge on any atom is -0.394 e. The summed E-state index contributed by atoms with van der Waals surface area (Å²) in [7, 11) is 0. The van der Waals surface area contributed by atoms with Gasteiger partial charge in [0.25, 0.3) is 0 Å². The molecule has 0 bridgehead atoms. The first-order valence-electron chi connectivity index (χ1n) is 5.38. The summed E-state index contributed by atoms with van der Waals surface area (Å²) in [6, 6.07) is 1.63. The number of nitrogens with zero attached hydrogens (tertiary/aromatic N) is 1. The molecule has 4 nitrogen and oxygen atoms in total. The van der Waals surface area contributed by atoms with Crippen molar-refractivity contribution in [2.45, 2.75) is 26.3 Å². The van der Waals surface area contributed by atoms with Gasteiger partial charge in [-0.05, 0) is 26.8 Å². The molecule has 0 unspecified atom stereocenters. The van der Waals surface area contributed by atoms with Gasteiger partial charge in [0.05, 0.1) is 22.2 Å². The third-order valence-electron chi connectivity index (χ3n) is 2.13. The lowest BCUT2D eigenvalue weighted by atomic mass is 10.1. The van der Waals surface area contributed by atoms with Gasteiger partial charge in [-0.15, -0.1) is 0 Å².